The topological polar surface area (TPSA) is 12.0 Å². The van der Waals surface area contributed by atoms with Crippen LogP contribution in [0.5, 0.6) is 0 Å². The van der Waals surface area contributed by atoms with Crippen LogP contribution >= 0.6 is 0 Å². The average molecular weight is 299 g/mol. The van der Waals surface area contributed by atoms with Crippen molar-refractivity contribution in [3.8, 4) is 0 Å². The van der Waals surface area contributed by atoms with Crippen molar-refractivity contribution in [1.29, 1.82) is 0 Å². The summed E-state index contributed by atoms with van der Waals surface area (Å²) in [6.07, 6.45) is -3.15. The Labute approximate surface area is 124 Å². The Kier molecular flexibility index (Phi) is 4.66. The highest BCUT2D eigenvalue weighted by molar-refractivity contribution is 5.38. The van der Waals surface area contributed by atoms with Gasteiger partial charge >= 0.3 is 6.18 Å². The van der Waals surface area contributed by atoms with E-state index in [0.717, 1.165) is 37.1 Å². The van der Waals surface area contributed by atoms with Gasteiger partial charge in [-0.25, -0.2) is 0 Å². The number of alkyl halides is 3. The average Bonchev–Trinajstić information content (AvgIpc) is 2.36. The predicted molar refractivity (Wildman–Crippen MR) is 79.7 cm³/mol. The van der Waals surface area contributed by atoms with E-state index in [1.807, 2.05) is 32.9 Å². The first kappa shape index (κ1) is 16.3. The molecule has 21 heavy (non-hydrogen) atoms. The van der Waals surface area contributed by atoms with Gasteiger partial charge in [-0.05, 0) is 54.0 Å². The van der Waals surface area contributed by atoms with Crippen LogP contribution in [0.25, 0.3) is 0 Å². The van der Waals surface area contributed by atoms with Crippen molar-refractivity contribution in [1.82, 2.24) is 5.32 Å². The minimum absolute atomic E-state index is 0.132. The second-order valence-electron chi connectivity index (χ2n) is 6.98. The summed E-state index contributed by atoms with van der Waals surface area (Å²) in [7, 11) is 0. The van der Waals surface area contributed by atoms with Crippen LogP contribution in [-0.4, -0.2) is 19.3 Å². The van der Waals surface area contributed by atoms with Gasteiger partial charge in [0.05, 0.1) is 6.42 Å². The molecule has 0 aromatic heterocycles. The van der Waals surface area contributed by atoms with E-state index in [1.165, 1.54) is 0 Å². The van der Waals surface area contributed by atoms with E-state index < -0.39 is 12.6 Å². The first-order valence-corrected chi connectivity index (χ1v) is 7.57. The fourth-order valence-corrected chi connectivity index (χ4v) is 2.97. The molecule has 1 N–H and O–H groups in total. The van der Waals surface area contributed by atoms with E-state index in [0.29, 0.717) is 5.56 Å². The summed E-state index contributed by atoms with van der Waals surface area (Å²) in [6, 6.07) is 5.69. The van der Waals surface area contributed by atoms with E-state index in [9.17, 15) is 13.2 Å². The number of hydrogen-bond donors (Lipinski definition) is 1. The molecule has 0 amide bonds. The van der Waals surface area contributed by atoms with Crippen molar-refractivity contribution in [2.45, 2.75) is 57.5 Å². The molecule has 0 bridgehead atoms. The van der Waals surface area contributed by atoms with Crippen molar-refractivity contribution < 1.29 is 13.2 Å². The molecule has 1 aromatic rings. The van der Waals surface area contributed by atoms with Crippen molar-refractivity contribution >= 4 is 0 Å². The van der Waals surface area contributed by atoms with Crippen molar-refractivity contribution in [2.75, 3.05) is 13.1 Å². The quantitative estimate of drug-likeness (QED) is 0.844. The zero-order valence-corrected chi connectivity index (χ0v) is 13.0. The standard InChI is InChI=1S/C17H24F3N/c1-16(2,3)14-4-5-15(12-6-8-21-9-7-12)13(10-14)11-17(18,19)20/h4-5,10,12,21H,6-9,11H2,1-3H3. The van der Waals surface area contributed by atoms with Crippen LogP contribution in [0.15, 0.2) is 18.2 Å². The van der Waals surface area contributed by atoms with Gasteiger partial charge in [-0.2, -0.15) is 13.2 Å². The highest BCUT2D eigenvalue weighted by Gasteiger charge is 2.31. The second kappa shape index (κ2) is 5.99. The fourth-order valence-electron chi connectivity index (χ4n) is 2.97. The molecule has 0 atom stereocenters. The molecule has 0 radical (unpaired) electrons. The van der Waals surface area contributed by atoms with E-state index in [-0.39, 0.29) is 11.3 Å². The van der Waals surface area contributed by atoms with Crippen molar-refractivity contribution in [3.05, 3.63) is 34.9 Å². The van der Waals surface area contributed by atoms with E-state index >= 15 is 0 Å². The molecule has 1 fully saturated rings. The Bertz CT molecular complexity index is 480. The normalized spacial score (nSPS) is 18.0. The first-order valence-electron chi connectivity index (χ1n) is 7.57. The third-order valence-corrected chi connectivity index (χ3v) is 4.18. The van der Waals surface area contributed by atoms with Gasteiger partial charge in [0.25, 0.3) is 0 Å². The smallest absolute Gasteiger partial charge is 0.317 e. The van der Waals surface area contributed by atoms with Crippen LogP contribution < -0.4 is 5.32 Å². The summed E-state index contributed by atoms with van der Waals surface area (Å²) in [5, 5.41) is 3.27. The molecular formula is C17H24F3N. The Balaban J connectivity index is 2.38. The van der Waals surface area contributed by atoms with Gasteiger partial charge in [0.1, 0.15) is 0 Å². The maximum Gasteiger partial charge on any atom is 0.393 e. The molecular weight excluding hydrogens is 275 g/mol. The number of benzene rings is 1. The molecule has 1 nitrogen and oxygen atoms in total. The fraction of sp³-hybridized carbons (Fsp3) is 0.647. The number of piperidine rings is 1. The molecule has 2 rings (SSSR count). The monoisotopic (exact) mass is 299 g/mol. The highest BCUT2D eigenvalue weighted by Crippen LogP contribution is 2.34. The molecule has 0 spiro atoms. The van der Waals surface area contributed by atoms with Gasteiger partial charge < -0.3 is 5.32 Å². The lowest BCUT2D eigenvalue weighted by Gasteiger charge is -2.28. The van der Waals surface area contributed by atoms with E-state index in [2.05, 4.69) is 5.32 Å². The number of halogens is 3. The predicted octanol–water partition coefficient (Wildman–Crippen LogP) is 4.56. The van der Waals surface area contributed by atoms with Crippen LogP contribution in [0, 0.1) is 0 Å². The first-order chi connectivity index (χ1) is 9.67. The molecule has 0 saturated carbocycles. The molecule has 1 aliphatic rings. The number of rotatable bonds is 2. The molecule has 1 saturated heterocycles. The Hall–Kier alpha value is -1.03. The van der Waals surface area contributed by atoms with Gasteiger partial charge in [0, 0.05) is 0 Å². The molecule has 1 aromatic carbocycles. The molecule has 1 aliphatic heterocycles. The van der Waals surface area contributed by atoms with Crippen LogP contribution in [0.1, 0.15) is 56.2 Å². The van der Waals surface area contributed by atoms with Crippen LogP contribution in [-0.2, 0) is 11.8 Å². The zero-order valence-electron chi connectivity index (χ0n) is 13.0. The van der Waals surface area contributed by atoms with E-state index in [4.69, 9.17) is 0 Å². The van der Waals surface area contributed by atoms with Crippen molar-refractivity contribution in [3.63, 3.8) is 0 Å². The van der Waals surface area contributed by atoms with E-state index in [1.54, 1.807) is 6.07 Å². The molecule has 118 valence electrons. The van der Waals surface area contributed by atoms with Crippen LogP contribution in [0.3, 0.4) is 0 Å². The second-order valence-corrected chi connectivity index (χ2v) is 6.98. The summed E-state index contributed by atoms with van der Waals surface area (Å²) in [5.74, 6) is 0.248. The molecule has 0 unspecified atom stereocenters. The molecule has 1 heterocycles. The highest BCUT2D eigenvalue weighted by atomic mass is 19.4. The summed E-state index contributed by atoms with van der Waals surface area (Å²) in [6.45, 7) is 7.87. The van der Waals surface area contributed by atoms with Crippen LogP contribution in [0.4, 0.5) is 13.2 Å². The maximum absolute atomic E-state index is 12.9. The summed E-state index contributed by atoms with van der Waals surface area (Å²) in [4.78, 5) is 0. The lowest BCUT2D eigenvalue weighted by atomic mass is 9.80. The van der Waals surface area contributed by atoms with Gasteiger partial charge in [0.2, 0.25) is 0 Å². The van der Waals surface area contributed by atoms with Gasteiger partial charge in [-0.1, -0.05) is 39.0 Å². The zero-order chi connectivity index (χ0) is 15.7. The number of hydrogen-bond acceptors (Lipinski definition) is 1. The van der Waals surface area contributed by atoms with Crippen LogP contribution in [0.2, 0.25) is 0 Å². The minimum atomic E-state index is -4.15. The Morgan fingerprint density at radius 2 is 1.71 bits per heavy atom. The number of nitrogens with one attached hydrogen (secondary N) is 1. The van der Waals surface area contributed by atoms with Gasteiger partial charge in [-0.3, -0.25) is 0 Å². The third kappa shape index (κ3) is 4.47. The molecule has 0 aliphatic carbocycles. The Morgan fingerprint density at radius 3 is 2.24 bits per heavy atom. The lowest BCUT2D eigenvalue weighted by molar-refractivity contribution is -0.127. The summed E-state index contributed by atoms with van der Waals surface area (Å²) in [5.41, 5.74) is 2.19. The van der Waals surface area contributed by atoms with Gasteiger partial charge in [-0.15, -0.1) is 0 Å². The SMILES string of the molecule is CC(C)(C)c1ccc(C2CCNCC2)c(CC(F)(F)F)c1. The lowest BCUT2D eigenvalue weighted by Crippen LogP contribution is -2.27. The Morgan fingerprint density at radius 1 is 1.10 bits per heavy atom. The van der Waals surface area contributed by atoms with Gasteiger partial charge in [0.15, 0.2) is 0 Å². The molecule has 4 heteroatoms. The minimum Gasteiger partial charge on any atom is -0.317 e. The maximum atomic E-state index is 12.9. The largest absolute Gasteiger partial charge is 0.393 e. The third-order valence-electron chi connectivity index (χ3n) is 4.18. The van der Waals surface area contributed by atoms with Crippen molar-refractivity contribution in [2.24, 2.45) is 0 Å². The summed E-state index contributed by atoms with van der Waals surface area (Å²) < 4.78 is 38.7. The summed E-state index contributed by atoms with van der Waals surface area (Å²) >= 11 is 0.